The summed E-state index contributed by atoms with van der Waals surface area (Å²) >= 11 is 0. The maximum absolute atomic E-state index is 14.3. The van der Waals surface area contributed by atoms with Crippen LogP contribution in [-0.2, 0) is 16.2 Å². The number of para-hydroxylation sites is 1. The van der Waals surface area contributed by atoms with Crippen molar-refractivity contribution in [2.24, 2.45) is 0 Å². The van der Waals surface area contributed by atoms with Gasteiger partial charge in [0.1, 0.15) is 18.0 Å². The molecule has 4 aromatic rings. The Morgan fingerprint density at radius 3 is 2.45 bits per heavy atom. The molecule has 7 nitrogen and oxygen atoms in total. The molecule has 0 bridgehead atoms. The van der Waals surface area contributed by atoms with E-state index < -0.39 is 23.7 Å². The van der Waals surface area contributed by atoms with Crippen LogP contribution in [0, 0.1) is 5.82 Å². The highest BCUT2D eigenvalue weighted by Crippen LogP contribution is 2.32. The van der Waals surface area contributed by atoms with Crippen LogP contribution in [0.2, 0.25) is 0 Å². The topological polar surface area (TPSA) is 84.9 Å². The minimum absolute atomic E-state index is 0.249. The second kappa shape index (κ2) is 10.6. The number of ether oxygens (including phenoxy) is 2. The lowest BCUT2D eigenvalue weighted by Crippen LogP contribution is -2.54. The molecule has 1 aliphatic rings. The Morgan fingerprint density at radius 2 is 1.63 bits per heavy atom. The average molecular weight is 511 g/mol. The number of fused-ring (bicyclic) bond motifs is 1. The maximum Gasteiger partial charge on any atom is 0.336 e. The zero-order valence-electron chi connectivity index (χ0n) is 20.4. The fourth-order valence-electron chi connectivity index (χ4n) is 4.25. The standard InChI is InChI=1S/C30H23FN2O5/c1-2-37-27-17-19(14-15-26(27)38-18-21-10-7-9-20-8-3-4-11-22(20)21)16-23-28(34)32-30(36)33(29(23)35)25-13-6-5-12-24(25)31/h3-17H,2,18H2,1H3,(H,32,34,36)/b23-16-. The van der Waals surface area contributed by atoms with E-state index in [1.165, 1.54) is 24.3 Å². The first-order valence-corrected chi connectivity index (χ1v) is 12.0. The number of amides is 4. The first-order valence-electron chi connectivity index (χ1n) is 12.0. The molecule has 190 valence electrons. The molecule has 0 aromatic heterocycles. The van der Waals surface area contributed by atoms with Crippen molar-refractivity contribution in [3.8, 4) is 11.5 Å². The zero-order chi connectivity index (χ0) is 26.6. The number of anilines is 1. The van der Waals surface area contributed by atoms with E-state index in [1.54, 1.807) is 18.2 Å². The molecule has 4 amide bonds. The predicted molar refractivity (Wildman–Crippen MR) is 141 cm³/mol. The van der Waals surface area contributed by atoms with Crippen molar-refractivity contribution in [3.05, 3.63) is 107 Å². The summed E-state index contributed by atoms with van der Waals surface area (Å²) in [5.74, 6) is -1.66. The molecular formula is C30H23FN2O5. The summed E-state index contributed by atoms with van der Waals surface area (Å²) in [5, 5.41) is 4.29. The van der Waals surface area contributed by atoms with Gasteiger partial charge in [0.05, 0.1) is 12.3 Å². The number of imide groups is 2. The van der Waals surface area contributed by atoms with Crippen molar-refractivity contribution in [1.29, 1.82) is 0 Å². The van der Waals surface area contributed by atoms with Crippen LogP contribution in [0.5, 0.6) is 11.5 Å². The van der Waals surface area contributed by atoms with Crippen LogP contribution in [-0.4, -0.2) is 24.5 Å². The highest BCUT2D eigenvalue weighted by Gasteiger charge is 2.38. The van der Waals surface area contributed by atoms with E-state index in [4.69, 9.17) is 9.47 Å². The Hall–Kier alpha value is -4.98. The van der Waals surface area contributed by atoms with Gasteiger partial charge in [0, 0.05) is 0 Å². The smallest absolute Gasteiger partial charge is 0.336 e. The van der Waals surface area contributed by atoms with Gasteiger partial charge in [-0.2, -0.15) is 0 Å². The molecule has 4 aromatic carbocycles. The highest BCUT2D eigenvalue weighted by molar-refractivity contribution is 6.39. The number of urea groups is 1. The van der Waals surface area contributed by atoms with E-state index in [0.717, 1.165) is 22.4 Å². The number of nitrogens with zero attached hydrogens (tertiary/aromatic N) is 1. The third kappa shape index (κ3) is 4.84. The van der Waals surface area contributed by atoms with Crippen molar-refractivity contribution >= 4 is 40.4 Å². The lowest BCUT2D eigenvalue weighted by atomic mass is 10.1. The number of halogens is 1. The van der Waals surface area contributed by atoms with Crippen molar-refractivity contribution < 1.29 is 28.2 Å². The number of rotatable bonds is 7. The summed E-state index contributed by atoms with van der Waals surface area (Å²) in [6.07, 6.45) is 1.33. The maximum atomic E-state index is 14.3. The summed E-state index contributed by atoms with van der Waals surface area (Å²) in [4.78, 5) is 38.6. The van der Waals surface area contributed by atoms with Gasteiger partial charge in [-0.15, -0.1) is 0 Å². The average Bonchev–Trinajstić information content (AvgIpc) is 2.91. The molecule has 0 saturated carbocycles. The number of hydrogen-bond donors (Lipinski definition) is 1. The molecule has 1 aliphatic heterocycles. The van der Waals surface area contributed by atoms with E-state index in [2.05, 4.69) is 5.32 Å². The Balaban J connectivity index is 1.43. The zero-order valence-corrected chi connectivity index (χ0v) is 20.4. The van der Waals surface area contributed by atoms with Gasteiger partial charge in [0.15, 0.2) is 11.5 Å². The number of barbiturate groups is 1. The molecule has 0 unspecified atom stereocenters. The molecule has 0 radical (unpaired) electrons. The molecule has 0 atom stereocenters. The van der Waals surface area contributed by atoms with E-state index in [1.807, 2.05) is 49.4 Å². The Bertz CT molecular complexity index is 1590. The molecule has 1 saturated heterocycles. The molecule has 1 fully saturated rings. The van der Waals surface area contributed by atoms with E-state index in [-0.39, 0.29) is 11.3 Å². The van der Waals surface area contributed by atoms with Crippen molar-refractivity contribution in [2.75, 3.05) is 11.5 Å². The fourth-order valence-corrected chi connectivity index (χ4v) is 4.25. The van der Waals surface area contributed by atoms with Crippen LogP contribution < -0.4 is 19.7 Å². The third-order valence-corrected chi connectivity index (χ3v) is 6.04. The van der Waals surface area contributed by atoms with Crippen molar-refractivity contribution in [2.45, 2.75) is 13.5 Å². The third-order valence-electron chi connectivity index (χ3n) is 6.04. The first kappa shape index (κ1) is 24.7. The van der Waals surface area contributed by atoms with Gasteiger partial charge in [-0.1, -0.05) is 60.7 Å². The molecule has 5 rings (SSSR count). The van der Waals surface area contributed by atoms with Gasteiger partial charge < -0.3 is 9.47 Å². The van der Waals surface area contributed by atoms with Gasteiger partial charge in [0.2, 0.25) is 0 Å². The molecule has 1 N–H and O–H groups in total. The molecule has 8 heteroatoms. The first-order chi connectivity index (χ1) is 18.5. The van der Waals surface area contributed by atoms with Crippen LogP contribution in [0.4, 0.5) is 14.9 Å². The van der Waals surface area contributed by atoms with Crippen LogP contribution >= 0.6 is 0 Å². The summed E-state index contributed by atoms with van der Waals surface area (Å²) in [6, 6.07) is 23.4. The molecule has 0 spiro atoms. The van der Waals surface area contributed by atoms with E-state index in [0.29, 0.717) is 35.2 Å². The van der Waals surface area contributed by atoms with Gasteiger partial charge in [0.25, 0.3) is 11.8 Å². The second-order valence-corrected chi connectivity index (χ2v) is 8.48. The minimum Gasteiger partial charge on any atom is -0.490 e. The number of carbonyl (C=O) groups excluding carboxylic acids is 3. The van der Waals surface area contributed by atoms with Crippen molar-refractivity contribution in [3.63, 3.8) is 0 Å². The number of nitrogens with one attached hydrogen (secondary N) is 1. The quantitative estimate of drug-likeness (QED) is 0.258. The van der Waals surface area contributed by atoms with Gasteiger partial charge in [-0.05, 0) is 59.2 Å². The molecular weight excluding hydrogens is 487 g/mol. The SMILES string of the molecule is CCOc1cc(/C=C2/C(=O)NC(=O)N(c3ccccc3F)C2=O)ccc1OCc1cccc2ccccc12. The number of benzene rings is 4. The van der Waals surface area contributed by atoms with Crippen LogP contribution in [0.15, 0.2) is 90.5 Å². The fraction of sp³-hybridized carbons (Fsp3) is 0.100. The van der Waals surface area contributed by atoms with Gasteiger partial charge in [-0.3, -0.25) is 14.9 Å². The van der Waals surface area contributed by atoms with Crippen molar-refractivity contribution in [1.82, 2.24) is 5.32 Å². The minimum atomic E-state index is -1.02. The summed E-state index contributed by atoms with van der Waals surface area (Å²) in [6.45, 7) is 2.50. The lowest BCUT2D eigenvalue weighted by Gasteiger charge is -2.26. The second-order valence-electron chi connectivity index (χ2n) is 8.48. The lowest BCUT2D eigenvalue weighted by molar-refractivity contribution is -0.122. The predicted octanol–water partition coefficient (Wildman–Crippen LogP) is 5.62. The van der Waals surface area contributed by atoms with Crippen LogP contribution in [0.25, 0.3) is 16.8 Å². The molecule has 1 heterocycles. The van der Waals surface area contributed by atoms with E-state index in [9.17, 15) is 18.8 Å². The monoisotopic (exact) mass is 510 g/mol. The summed E-state index contributed by atoms with van der Waals surface area (Å²) in [7, 11) is 0. The highest BCUT2D eigenvalue weighted by atomic mass is 19.1. The Kier molecular flexibility index (Phi) is 6.86. The van der Waals surface area contributed by atoms with Gasteiger partial charge in [-0.25, -0.2) is 14.1 Å². The van der Waals surface area contributed by atoms with Crippen LogP contribution in [0.1, 0.15) is 18.1 Å². The summed E-state index contributed by atoms with van der Waals surface area (Å²) in [5.41, 5.74) is 0.909. The Labute approximate surface area is 218 Å². The Morgan fingerprint density at radius 1 is 0.868 bits per heavy atom. The number of carbonyl (C=O) groups is 3. The molecule has 38 heavy (non-hydrogen) atoms. The largest absolute Gasteiger partial charge is 0.490 e. The summed E-state index contributed by atoms with van der Waals surface area (Å²) < 4.78 is 26.2. The number of hydrogen-bond acceptors (Lipinski definition) is 5. The van der Waals surface area contributed by atoms with Gasteiger partial charge >= 0.3 is 6.03 Å². The normalized spacial score (nSPS) is 14.6. The van der Waals surface area contributed by atoms with Crippen LogP contribution in [0.3, 0.4) is 0 Å². The molecule has 0 aliphatic carbocycles. The van der Waals surface area contributed by atoms with E-state index >= 15 is 0 Å².